The van der Waals surface area contributed by atoms with E-state index < -0.39 is 5.60 Å². The van der Waals surface area contributed by atoms with Gasteiger partial charge in [0.25, 0.3) is 0 Å². The predicted octanol–water partition coefficient (Wildman–Crippen LogP) is 3.71. The van der Waals surface area contributed by atoms with Crippen LogP contribution in [0.5, 0.6) is 0 Å². The Hall–Kier alpha value is -1.24. The van der Waals surface area contributed by atoms with Crippen molar-refractivity contribution in [3.63, 3.8) is 0 Å². The van der Waals surface area contributed by atoms with E-state index in [1.54, 1.807) is 18.2 Å². The van der Waals surface area contributed by atoms with Crippen LogP contribution < -0.4 is 5.32 Å². The number of hydrogen-bond donors (Lipinski definition) is 2. The smallest absolute Gasteiger partial charge is 0.0992 e. The molecule has 0 unspecified atom stereocenters. The van der Waals surface area contributed by atoms with Crippen molar-refractivity contribution >= 4 is 17.3 Å². The standard InChI is InChI=1S/C15H19ClN2O/c16-13-9-12(10-17)5-6-14(13)18-11-15(19)7-3-1-2-4-8-15/h5-6,9,18-19H,1-4,7-8,11H2. The number of anilines is 1. The summed E-state index contributed by atoms with van der Waals surface area (Å²) in [5.41, 5.74) is 0.690. The van der Waals surface area contributed by atoms with Crippen molar-refractivity contribution in [2.45, 2.75) is 44.1 Å². The van der Waals surface area contributed by atoms with E-state index in [9.17, 15) is 5.11 Å². The monoisotopic (exact) mass is 278 g/mol. The zero-order chi connectivity index (χ0) is 13.7. The van der Waals surface area contributed by atoms with E-state index in [0.717, 1.165) is 31.4 Å². The summed E-state index contributed by atoms with van der Waals surface area (Å²) in [4.78, 5) is 0. The Morgan fingerprint density at radius 2 is 1.95 bits per heavy atom. The molecule has 0 bridgehead atoms. The highest BCUT2D eigenvalue weighted by atomic mass is 35.5. The van der Waals surface area contributed by atoms with E-state index in [0.29, 0.717) is 17.1 Å². The van der Waals surface area contributed by atoms with Gasteiger partial charge in [0.05, 0.1) is 27.9 Å². The van der Waals surface area contributed by atoms with Gasteiger partial charge in [0.1, 0.15) is 0 Å². The molecule has 0 aliphatic heterocycles. The summed E-state index contributed by atoms with van der Waals surface area (Å²) in [7, 11) is 0. The molecule has 2 rings (SSSR count). The van der Waals surface area contributed by atoms with Crippen LogP contribution in [-0.2, 0) is 0 Å². The lowest BCUT2D eigenvalue weighted by molar-refractivity contribution is 0.0381. The van der Waals surface area contributed by atoms with Crippen LogP contribution in [0.2, 0.25) is 5.02 Å². The first kappa shape index (κ1) is 14.2. The molecule has 0 atom stereocenters. The molecule has 0 saturated heterocycles. The van der Waals surface area contributed by atoms with Crippen molar-refractivity contribution in [1.82, 2.24) is 0 Å². The lowest BCUT2D eigenvalue weighted by atomic mass is 9.94. The van der Waals surface area contributed by atoms with Crippen LogP contribution in [0.4, 0.5) is 5.69 Å². The maximum atomic E-state index is 10.5. The Morgan fingerprint density at radius 3 is 2.53 bits per heavy atom. The Balaban J connectivity index is 2.00. The van der Waals surface area contributed by atoms with Crippen molar-refractivity contribution in [1.29, 1.82) is 5.26 Å². The van der Waals surface area contributed by atoms with Gasteiger partial charge in [-0.15, -0.1) is 0 Å². The van der Waals surface area contributed by atoms with Gasteiger partial charge in [-0.2, -0.15) is 5.26 Å². The molecule has 4 heteroatoms. The average molecular weight is 279 g/mol. The number of benzene rings is 1. The van der Waals surface area contributed by atoms with E-state index in [2.05, 4.69) is 11.4 Å². The van der Waals surface area contributed by atoms with Gasteiger partial charge in [-0.1, -0.05) is 37.3 Å². The van der Waals surface area contributed by atoms with E-state index in [1.807, 2.05) is 0 Å². The zero-order valence-electron chi connectivity index (χ0n) is 11.0. The Labute approximate surface area is 119 Å². The molecule has 1 saturated carbocycles. The Morgan fingerprint density at radius 1 is 1.26 bits per heavy atom. The number of halogens is 1. The molecule has 0 aromatic heterocycles. The first-order valence-corrected chi connectivity index (χ1v) is 7.17. The lowest BCUT2D eigenvalue weighted by Gasteiger charge is -2.27. The van der Waals surface area contributed by atoms with Crippen LogP contribution in [0.25, 0.3) is 0 Å². The van der Waals surface area contributed by atoms with Gasteiger partial charge in [-0.3, -0.25) is 0 Å². The van der Waals surface area contributed by atoms with Gasteiger partial charge in [0.15, 0.2) is 0 Å². The zero-order valence-corrected chi connectivity index (χ0v) is 11.7. The molecule has 2 N–H and O–H groups in total. The molecule has 19 heavy (non-hydrogen) atoms. The summed E-state index contributed by atoms with van der Waals surface area (Å²) in [6.45, 7) is 0.513. The van der Waals surface area contributed by atoms with Crippen LogP contribution in [-0.4, -0.2) is 17.3 Å². The van der Waals surface area contributed by atoms with Gasteiger partial charge in [-0.05, 0) is 31.0 Å². The average Bonchev–Trinajstić information content (AvgIpc) is 2.62. The summed E-state index contributed by atoms with van der Waals surface area (Å²) in [6.07, 6.45) is 6.26. The minimum Gasteiger partial charge on any atom is -0.388 e. The Kier molecular flexibility index (Phi) is 4.68. The van der Waals surface area contributed by atoms with Crippen molar-refractivity contribution in [3.05, 3.63) is 28.8 Å². The molecule has 1 aromatic rings. The van der Waals surface area contributed by atoms with Gasteiger partial charge >= 0.3 is 0 Å². The van der Waals surface area contributed by atoms with Crippen LogP contribution in [0.3, 0.4) is 0 Å². The molecule has 0 radical (unpaired) electrons. The number of nitrogens with zero attached hydrogens (tertiary/aromatic N) is 1. The number of aliphatic hydroxyl groups is 1. The largest absolute Gasteiger partial charge is 0.388 e. The molecule has 1 aliphatic rings. The Bertz CT molecular complexity index is 474. The second kappa shape index (κ2) is 6.27. The number of nitrogens with one attached hydrogen (secondary N) is 1. The maximum Gasteiger partial charge on any atom is 0.0992 e. The van der Waals surface area contributed by atoms with Crippen molar-refractivity contribution in [3.8, 4) is 6.07 Å². The third kappa shape index (κ3) is 3.86. The van der Waals surface area contributed by atoms with Gasteiger partial charge in [0.2, 0.25) is 0 Å². The fourth-order valence-electron chi connectivity index (χ4n) is 2.55. The summed E-state index contributed by atoms with van der Waals surface area (Å²) in [5.74, 6) is 0. The molecule has 1 aromatic carbocycles. The summed E-state index contributed by atoms with van der Waals surface area (Å²) in [6, 6.07) is 7.21. The van der Waals surface area contributed by atoms with E-state index in [4.69, 9.17) is 16.9 Å². The number of nitriles is 1. The van der Waals surface area contributed by atoms with Crippen molar-refractivity contribution in [2.75, 3.05) is 11.9 Å². The minimum absolute atomic E-state index is 0.513. The van der Waals surface area contributed by atoms with E-state index in [1.165, 1.54) is 12.8 Å². The molecule has 1 fully saturated rings. The maximum absolute atomic E-state index is 10.5. The molecular formula is C15H19ClN2O. The normalized spacial score (nSPS) is 18.4. The highest BCUT2D eigenvalue weighted by Gasteiger charge is 2.27. The molecule has 0 heterocycles. The van der Waals surface area contributed by atoms with Crippen molar-refractivity contribution in [2.24, 2.45) is 0 Å². The summed E-state index contributed by atoms with van der Waals surface area (Å²) >= 11 is 6.11. The van der Waals surface area contributed by atoms with E-state index >= 15 is 0 Å². The lowest BCUT2D eigenvalue weighted by Crippen LogP contribution is -2.36. The summed E-state index contributed by atoms with van der Waals surface area (Å²) < 4.78 is 0. The predicted molar refractivity (Wildman–Crippen MR) is 77.3 cm³/mol. The molecule has 102 valence electrons. The molecule has 1 aliphatic carbocycles. The topological polar surface area (TPSA) is 56.0 Å². The number of hydrogen-bond acceptors (Lipinski definition) is 3. The van der Waals surface area contributed by atoms with Gasteiger partial charge < -0.3 is 10.4 Å². The van der Waals surface area contributed by atoms with Crippen molar-refractivity contribution < 1.29 is 5.11 Å². The summed E-state index contributed by atoms with van der Waals surface area (Å²) in [5, 5.41) is 23.1. The molecule has 0 amide bonds. The van der Waals surface area contributed by atoms with Crippen LogP contribution in [0, 0.1) is 11.3 Å². The highest BCUT2D eigenvalue weighted by Crippen LogP contribution is 2.29. The quantitative estimate of drug-likeness (QED) is 0.829. The second-order valence-electron chi connectivity index (χ2n) is 5.30. The van der Waals surface area contributed by atoms with Gasteiger partial charge in [0, 0.05) is 6.54 Å². The molecule has 3 nitrogen and oxygen atoms in total. The first-order chi connectivity index (χ1) is 9.13. The van der Waals surface area contributed by atoms with Crippen LogP contribution >= 0.6 is 11.6 Å². The number of rotatable bonds is 3. The minimum atomic E-state index is -0.631. The molecular weight excluding hydrogens is 260 g/mol. The van der Waals surface area contributed by atoms with Crippen LogP contribution in [0.15, 0.2) is 18.2 Å². The highest BCUT2D eigenvalue weighted by molar-refractivity contribution is 6.33. The first-order valence-electron chi connectivity index (χ1n) is 6.79. The van der Waals surface area contributed by atoms with Gasteiger partial charge in [-0.25, -0.2) is 0 Å². The van der Waals surface area contributed by atoms with E-state index in [-0.39, 0.29) is 0 Å². The fraction of sp³-hybridized carbons (Fsp3) is 0.533. The van der Waals surface area contributed by atoms with Crippen LogP contribution in [0.1, 0.15) is 44.1 Å². The third-order valence-electron chi connectivity index (χ3n) is 3.74. The SMILES string of the molecule is N#Cc1ccc(NCC2(O)CCCCCC2)c(Cl)c1. The molecule has 0 spiro atoms. The fourth-order valence-corrected chi connectivity index (χ4v) is 2.80. The third-order valence-corrected chi connectivity index (χ3v) is 4.05. The second-order valence-corrected chi connectivity index (χ2v) is 5.71.